The second-order valence-electron chi connectivity index (χ2n) is 3.95. The van der Waals surface area contributed by atoms with Gasteiger partial charge in [-0.3, -0.25) is 0 Å². The van der Waals surface area contributed by atoms with Crippen molar-refractivity contribution < 1.29 is 5.11 Å². The molecule has 0 spiro atoms. The Morgan fingerprint density at radius 2 is 1.73 bits per heavy atom. The molecule has 11 heavy (non-hydrogen) atoms. The fourth-order valence-corrected chi connectivity index (χ4v) is 2.98. The van der Waals surface area contributed by atoms with Crippen LogP contribution in [0.5, 0.6) is 0 Å². The molecule has 0 amide bonds. The molecule has 0 aromatic heterocycles. The van der Waals surface area contributed by atoms with E-state index in [1.165, 1.54) is 12.8 Å². The summed E-state index contributed by atoms with van der Waals surface area (Å²) in [6.45, 7) is 4.41. The molecule has 2 heteroatoms. The van der Waals surface area contributed by atoms with Gasteiger partial charge in [0.2, 0.25) is 0 Å². The molecule has 0 atom stereocenters. The molecule has 0 aromatic carbocycles. The van der Waals surface area contributed by atoms with E-state index in [9.17, 15) is 5.11 Å². The first-order valence-corrected chi connectivity index (χ1v) is 6.86. The second-order valence-corrected chi connectivity index (χ2v) is 6.95. The molecule has 0 aromatic rings. The summed E-state index contributed by atoms with van der Waals surface area (Å²) < 4.78 is 0.177. The van der Waals surface area contributed by atoms with E-state index >= 15 is 0 Å². The summed E-state index contributed by atoms with van der Waals surface area (Å²) in [5, 5.41) is 10.2. The molecule has 1 rings (SSSR count). The van der Waals surface area contributed by atoms with Gasteiger partial charge in [-0.15, -0.1) is 0 Å². The molecule has 66 valence electrons. The van der Waals surface area contributed by atoms with Crippen molar-refractivity contribution in [1.29, 1.82) is 0 Å². The maximum absolute atomic E-state index is 10.2. The Balaban J connectivity index is 2.69. The van der Waals surface area contributed by atoms with Crippen molar-refractivity contribution in [3.63, 3.8) is 0 Å². The molecule has 1 fully saturated rings. The molecule has 0 unspecified atom stereocenters. The minimum atomic E-state index is -0.332. The van der Waals surface area contributed by atoms with Gasteiger partial charge in [0.15, 0.2) is 0 Å². The summed E-state index contributed by atoms with van der Waals surface area (Å²) in [6.07, 6.45) is 4.48. The van der Waals surface area contributed by atoms with Crippen LogP contribution in [0.15, 0.2) is 0 Å². The Labute approximate surface area is 75.7 Å². The summed E-state index contributed by atoms with van der Waals surface area (Å²) in [6, 6.07) is 0. The molecule has 0 heterocycles. The summed E-state index contributed by atoms with van der Waals surface area (Å²) in [4.78, 5) is 0. The van der Waals surface area contributed by atoms with Crippen molar-refractivity contribution >= 4 is 15.0 Å². The van der Waals surface area contributed by atoms with Crippen molar-refractivity contribution in [1.82, 2.24) is 0 Å². The quantitative estimate of drug-likeness (QED) is 0.709. The summed E-state index contributed by atoms with van der Waals surface area (Å²) in [5.74, 6) is 2.23. The maximum atomic E-state index is 10.2. The Kier molecular flexibility index (Phi) is 2.68. The standard InChI is InChI=1S/C9H18OSe/c1-8(2,11-3)9(10)6-4-5-7-9/h10H,4-7H2,1-3H3. The molecule has 0 aliphatic heterocycles. The zero-order chi connectivity index (χ0) is 8.54. The summed E-state index contributed by atoms with van der Waals surface area (Å²) in [5.41, 5.74) is -0.332. The van der Waals surface area contributed by atoms with Crippen LogP contribution in [0.3, 0.4) is 0 Å². The van der Waals surface area contributed by atoms with Crippen LogP contribution in [0.4, 0.5) is 0 Å². The minimum absolute atomic E-state index is 0.177. The number of hydrogen-bond acceptors (Lipinski definition) is 1. The van der Waals surface area contributed by atoms with E-state index in [2.05, 4.69) is 19.7 Å². The van der Waals surface area contributed by atoms with Crippen LogP contribution in [-0.2, 0) is 0 Å². The molecule has 1 nitrogen and oxygen atoms in total. The molecule has 1 N–H and O–H groups in total. The molecule has 0 radical (unpaired) electrons. The van der Waals surface area contributed by atoms with Crippen molar-refractivity contribution in [3.8, 4) is 0 Å². The Morgan fingerprint density at radius 1 is 1.27 bits per heavy atom. The van der Waals surface area contributed by atoms with E-state index in [1.807, 2.05) is 0 Å². The van der Waals surface area contributed by atoms with Gasteiger partial charge in [0.05, 0.1) is 0 Å². The van der Waals surface area contributed by atoms with E-state index in [0.717, 1.165) is 12.8 Å². The van der Waals surface area contributed by atoms with Crippen LogP contribution in [0, 0.1) is 0 Å². The first-order chi connectivity index (χ1) is 5.02. The van der Waals surface area contributed by atoms with Gasteiger partial charge in [-0.2, -0.15) is 0 Å². The van der Waals surface area contributed by atoms with Crippen LogP contribution < -0.4 is 0 Å². The van der Waals surface area contributed by atoms with Crippen LogP contribution in [0.25, 0.3) is 0 Å². The number of rotatable bonds is 2. The second kappa shape index (κ2) is 3.08. The Morgan fingerprint density at radius 3 is 2.09 bits per heavy atom. The fourth-order valence-electron chi connectivity index (χ4n) is 1.75. The van der Waals surface area contributed by atoms with Gasteiger partial charge in [0, 0.05) is 0 Å². The van der Waals surface area contributed by atoms with Gasteiger partial charge in [0.1, 0.15) is 0 Å². The van der Waals surface area contributed by atoms with Gasteiger partial charge in [0.25, 0.3) is 0 Å². The van der Waals surface area contributed by atoms with Gasteiger partial charge in [-0.05, 0) is 0 Å². The van der Waals surface area contributed by atoms with Crippen LogP contribution in [-0.4, -0.2) is 25.7 Å². The zero-order valence-corrected chi connectivity index (χ0v) is 9.40. The third-order valence-corrected chi connectivity index (χ3v) is 6.00. The van der Waals surface area contributed by atoms with Gasteiger partial charge >= 0.3 is 75.3 Å². The van der Waals surface area contributed by atoms with Crippen molar-refractivity contribution in [3.05, 3.63) is 0 Å². The van der Waals surface area contributed by atoms with E-state index in [-0.39, 0.29) is 9.91 Å². The molecule has 1 saturated carbocycles. The van der Waals surface area contributed by atoms with Crippen molar-refractivity contribution in [2.75, 3.05) is 0 Å². The third kappa shape index (κ3) is 1.63. The summed E-state index contributed by atoms with van der Waals surface area (Å²) >= 11 is 0.548. The monoisotopic (exact) mass is 222 g/mol. The van der Waals surface area contributed by atoms with Gasteiger partial charge in [-0.1, -0.05) is 0 Å². The average molecular weight is 221 g/mol. The molecule has 1 aliphatic rings. The Hall–Kier alpha value is 0.479. The van der Waals surface area contributed by atoms with Crippen LogP contribution >= 0.6 is 0 Å². The van der Waals surface area contributed by atoms with Crippen molar-refractivity contribution in [2.24, 2.45) is 0 Å². The SMILES string of the molecule is C[Se]C(C)(C)C1(O)CCCC1. The van der Waals surface area contributed by atoms with E-state index in [0.29, 0.717) is 15.0 Å². The molecule has 0 saturated heterocycles. The molecule has 1 aliphatic carbocycles. The number of hydrogen-bond donors (Lipinski definition) is 1. The molecule has 0 bridgehead atoms. The van der Waals surface area contributed by atoms with E-state index in [4.69, 9.17) is 0 Å². The average Bonchev–Trinajstić information content (AvgIpc) is 2.38. The molecular formula is C9H18OSe. The predicted molar refractivity (Wildman–Crippen MR) is 49.1 cm³/mol. The Bertz CT molecular complexity index is 136. The van der Waals surface area contributed by atoms with Gasteiger partial charge in [-0.25, -0.2) is 0 Å². The van der Waals surface area contributed by atoms with Crippen LogP contribution in [0.2, 0.25) is 10.1 Å². The predicted octanol–water partition coefficient (Wildman–Crippen LogP) is 2.24. The fraction of sp³-hybridized carbons (Fsp3) is 1.00. The normalized spacial score (nSPS) is 24.0. The third-order valence-electron chi connectivity index (χ3n) is 3.06. The van der Waals surface area contributed by atoms with Crippen LogP contribution in [0.1, 0.15) is 39.5 Å². The first kappa shape index (κ1) is 9.57. The van der Waals surface area contributed by atoms with E-state index < -0.39 is 0 Å². The zero-order valence-electron chi connectivity index (χ0n) is 7.68. The molecular weight excluding hydrogens is 203 g/mol. The first-order valence-electron chi connectivity index (χ1n) is 4.29. The topological polar surface area (TPSA) is 20.2 Å². The summed E-state index contributed by atoms with van der Waals surface area (Å²) in [7, 11) is 0. The van der Waals surface area contributed by atoms with Crippen molar-refractivity contribution in [2.45, 2.75) is 55.3 Å². The van der Waals surface area contributed by atoms with E-state index in [1.54, 1.807) is 0 Å². The number of aliphatic hydroxyl groups is 1. The van der Waals surface area contributed by atoms with Gasteiger partial charge < -0.3 is 0 Å².